The van der Waals surface area contributed by atoms with Crippen LogP contribution in [0.25, 0.3) is 0 Å². The van der Waals surface area contributed by atoms with Crippen LogP contribution in [0.4, 0.5) is 0 Å². The van der Waals surface area contributed by atoms with Gasteiger partial charge in [0.05, 0.1) is 5.54 Å². The van der Waals surface area contributed by atoms with Crippen molar-refractivity contribution in [3.05, 3.63) is 34.4 Å². The van der Waals surface area contributed by atoms with E-state index in [-0.39, 0.29) is 5.54 Å². The number of rotatable bonds is 2. The number of nitrogens with two attached hydrogens (primary N) is 1. The Balaban J connectivity index is 2.07. The molecule has 116 valence electrons. The quantitative estimate of drug-likeness (QED) is 0.903. The molecule has 1 aliphatic carbocycles. The molecule has 0 bridgehead atoms. The van der Waals surface area contributed by atoms with Crippen molar-refractivity contribution in [2.75, 3.05) is 39.8 Å². The van der Waals surface area contributed by atoms with Gasteiger partial charge in [0.15, 0.2) is 0 Å². The average molecular weight is 287 g/mol. The first kappa shape index (κ1) is 15.0. The van der Waals surface area contributed by atoms with Gasteiger partial charge in [-0.1, -0.05) is 12.1 Å². The molecular formula is C18H29N3. The van der Waals surface area contributed by atoms with E-state index in [1.165, 1.54) is 30.4 Å². The van der Waals surface area contributed by atoms with Crippen LogP contribution in [0.5, 0.6) is 0 Å². The Labute approximate surface area is 129 Å². The zero-order chi connectivity index (χ0) is 15.0. The van der Waals surface area contributed by atoms with Gasteiger partial charge in [-0.2, -0.15) is 0 Å². The molecule has 1 aromatic carbocycles. The van der Waals surface area contributed by atoms with Gasteiger partial charge in [0.2, 0.25) is 0 Å². The van der Waals surface area contributed by atoms with E-state index >= 15 is 0 Å². The van der Waals surface area contributed by atoms with E-state index in [9.17, 15) is 0 Å². The Hall–Kier alpha value is -0.900. The topological polar surface area (TPSA) is 32.5 Å². The van der Waals surface area contributed by atoms with Crippen LogP contribution in [0.15, 0.2) is 12.1 Å². The summed E-state index contributed by atoms with van der Waals surface area (Å²) in [5, 5.41) is 0. The van der Waals surface area contributed by atoms with Crippen LogP contribution in [0.2, 0.25) is 0 Å². The lowest BCUT2D eigenvalue weighted by atomic mass is 9.72. The molecule has 1 atom stereocenters. The van der Waals surface area contributed by atoms with Gasteiger partial charge in [-0.3, -0.25) is 4.90 Å². The fourth-order valence-corrected chi connectivity index (χ4v) is 4.41. The third kappa shape index (κ3) is 2.41. The molecule has 1 aliphatic heterocycles. The number of aryl methyl sites for hydroxylation is 2. The van der Waals surface area contributed by atoms with Crippen LogP contribution < -0.4 is 5.73 Å². The number of hydrogen-bond acceptors (Lipinski definition) is 3. The van der Waals surface area contributed by atoms with Gasteiger partial charge in [-0.25, -0.2) is 0 Å². The second-order valence-corrected chi connectivity index (χ2v) is 6.93. The standard InChI is InChI=1S/C18H29N3/c1-14-6-7-15(2)17-16(14)5-4-8-18(17,13-19)21-11-9-20(3)10-12-21/h6-7H,4-5,8-13,19H2,1-3H3. The summed E-state index contributed by atoms with van der Waals surface area (Å²) < 4.78 is 0. The molecule has 21 heavy (non-hydrogen) atoms. The van der Waals surface area contributed by atoms with Crippen molar-refractivity contribution in [3.63, 3.8) is 0 Å². The van der Waals surface area contributed by atoms with Gasteiger partial charge >= 0.3 is 0 Å². The second kappa shape index (κ2) is 5.71. The zero-order valence-corrected chi connectivity index (χ0v) is 13.8. The summed E-state index contributed by atoms with van der Waals surface area (Å²) in [4.78, 5) is 5.10. The number of fused-ring (bicyclic) bond motifs is 1. The molecule has 2 aliphatic rings. The van der Waals surface area contributed by atoms with Crippen molar-refractivity contribution in [1.29, 1.82) is 0 Å². The molecule has 1 unspecified atom stereocenters. The Bertz CT molecular complexity index is 517. The van der Waals surface area contributed by atoms with Gasteiger partial charge in [0, 0.05) is 32.7 Å². The van der Waals surface area contributed by atoms with E-state index in [0.717, 1.165) is 32.7 Å². The summed E-state index contributed by atoms with van der Waals surface area (Å²) >= 11 is 0. The van der Waals surface area contributed by atoms with E-state index in [1.807, 2.05) is 0 Å². The summed E-state index contributed by atoms with van der Waals surface area (Å²) in [7, 11) is 2.22. The summed E-state index contributed by atoms with van der Waals surface area (Å²) in [6.45, 7) is 9.86. The average Bonchev–Trinajstić information content (AvgIpc) is 2.51. The van der Waals surface area contributed by atoms with Gasteiger partial charge in [-0.15, -0.1) is 0 Å². The fraction of sp³-hybridized carbons (Fsp3) is 0.667. The molecule has 0 radical (unpaired) electrons. The van der Waals surface area contributed by atoms with Gasteiger partial charge in [0.25, 0.3) is 0 Å². The van der Waals surface area contributed by atoms with Crippen LogP contribution in [0, 0.1) is 13.8 Å². The second-order valence-electron chi connectivity index (χ2n) is 6.93. The first-order valence-electron chi connectivity index (χ1n) is 8.32. The molecule has 3 nitrogen and oxygen atoms in total. The molecule has 0 aromatic heterocycles. The van der Waals surface area contributed by atoms with Crippen molar-refractivity contribution >= 4 is 0 Å². The lowest BCUT2D eigenvalue weighted by molar-refractivity contribution is 0.0295. The molecule has 2 N–H and O–H groups in total. The minimum Gasteiger partial charge on any atom is -0.328 e. The highest BCUT2D eigenvalue weighted by Crippen LogP contribution is 2.42. The van der Waals surface area contributed by atoms with Crippen molar-refractivity contribution in [3.8, 4) is 0 Å². The maximum atomic E-state index is 6.38. The van der Waals surface area contributed by atoms with Gasteiger partial charge < -0.3 is 10.6 Å². The van der Waals surface area contributed by atoms with E-state index in [4.69, 9.17) is 5.73 Å². The van der Waals surface area contributed by atoms with E-state index < -0.39 is 0 Å². The Morgan fingerprint density at radius 3 is 2.43 bits per heavy atom. The maximum absolute atomic E-state index is 6.38. The third-order valence-electron chi connectivity index (χ3n) is 5.68. The lowest BCUT2D eigenvalue weighted by Crippen LogP contribution is -2.59. The number of hydrogen-bond donors (Lipinski definition) is 1. The van der Waals surface area contributed by atoms with Crippen LogP contribution in [-0.2, 0) is 12.0 Å². The molecule has 1 fully saturated rings. The third-order valence-corrected chi connectivity index (χ3v) is 5.68. The Morgan fingerprint density at radius 1 is 1.10 bits per heavy atom. The number of benzene rings is 1. The molecular weight excluding hydrogens is 258 g/mol. The first-order valence-corrected chi connectivity index (χ1v) is 8.32. The predicted molar refractivity (Wildman–Crippen MR) is 88.7 cm³/mol. The highest BCUT2D eigenvalue weighted by atomic mass is 15.3. The van der Waals surface area contributed by atoms with Crippen LogP contribution in [0.1, 0.15) is 35.1 Å². The van der Waals surface area contributed by atoms with E-state index in [0.29, 0.717) is 0 Å². The normalized spacial score (nSPS) is 27.6. The minimum absolute atomic E-state index is 0.0744. The van der Waals surface area contributed by atoms with Crippen molar-refractivity contribution in [2.45, 2.75) is 38.6 Å². The predicted octanol–water partition coefficient (Wildman–Crippen LogP) is 2.04. The largest absolute Gasteiger partial charge is 0.328 e. The smallest absolute Gasteiger partial charge is 0.0590 e. The maximum Gasteiger partial charge on any atom is 0.0590 e. The summed E-state index contributed by atoms with van der Waals surface area (Å²) in [6.07, 6.45) is 3.70. The van der Waals surface area contributed by atoms with Crippen LogP contribution >= 0.6 is 0 Å². The monoisotopic (exact) mass is 287 g/mol. The molecule has 1 saturated heterocycles. The number of nitrogens with zero attached hydrogens (tertiary/aromatic N) is 2. The van der Waals surface area contributed by atoms with E-state index in [1.54, 1.807) is 11.1 Å². The fourth-order valence-electron chi connectivity index (χ4n) is 4.41. The minimum atomic E-state index is 0.0744. The van der Waals surface area contributed by atoms with Gasteiger partial charge in [-0.05, 0) is 62.4 Å². The number of piperazine rings is 1. The van der Waals surface area contributed by atoms with Gasteiger partial charge in [0.1, 0.15) is 0 Å². The molecule has 3 rings (SSSR count). The highest BCUT2D eigenvalue weighted by Gasteiger charge is 2.42. The molecule has 0 saturated carbocycles. The van der Waals surface area contributed by atoms with Crippen molar-refractivity contribution in [2.24, 2.45) is 5.73 Å². The van der Waals surface area contributed by atoms with Crippen LogP contribution in [0.3, 0.4) is 0 Å². The molecule has 1 heterocycles. The SMILES string of the molecule is Cc1ccc(C)c2c1CCCC2(CN)N1CCN(C)CC1. The zero-order valence-electron chi connectivity index (χ0n) is 13.8. The van der Waals surface area contributed by atoms with E-state index in [2.05, 4.69) is 42.8 Å². The molecule has 1 aromatic rings. The Morgan fingerprint density at radius 2 is 1.76 bits per heavy atom. The summed E-state index contributed by atoms with van der Waals surface area (Å²) in [5.41, 5.74) is 12.5. The molecule has 0 spiro atoms. The molecule has 0 amide bonds. The first-order chi connectivity index (χ1) is 10.1. The van der Waals surface area contributed by atoms with Crippen LogP contribution in [-0.4, -0.2) is 49.6 Å². The lowest BCUT2D eigenvalue weighted by Gasteiger charge is -2.50. The summed E-state index contributed by atoms with van der Waals surface area (Å²) in [5.74, 6) is 0. The molecule has 3 heteroatoms. The van der Waals surface area contributed by atoms with Crippen molar-refractivity contribution in [1.82, 2.24) is 9.80 Å². The Kier molecular flexibility index (Phi) is 4.08. The summed E-state index contributed by atoms with van der Waals surface area (Å²) in [6, 6.07) is 4.57. The van der Waals surface area contributed by atoms with Crippen molar-refractivity contribution < 1.29 is 0 Å². The highest BCUT2D eigenvalue weighted by molar-refractivity contribution is 5.46. The number of likely N-dealkylation sites (N-methyl/N-ethyl adjacent to an activating group) is 1.